The van der Waals surface area contributed by atoms with Gasteiger partial charge in [0.1, 0.15) is 22.2 Å². The Balaban J connectivity index is 1.50. The molecule has 1 saturated heterocycles. The molecule has 2 aromatic rings. The molecule has 1 fully saturated rings. The smallest absolute Gasteiger partial charge is 0.365 e. The topological polar surface area (TPSA) is 61.4 Å². The van der Waals surface area contributed by atoms with Crippen molar-refractivity contribution in [1.29, 1.82) is 0 Å². The summed E-state index contributed by atoms with van der Waals surface area (Å²) in [6, 6.07) is 6.49. The molecule has 5 nitrogen and oxygen atoms in total. The monoisotopic (exact) mass is 447 g/mol. The van der Waals surface area contributed by atoms with Gasteiger partial charge in [0.15, 0.2) is 0 Å². The van der Waals surface area contributed by atoms with Crippen molar-refractivity contribution in [2.24, 2.45) is 0 Å². The maximum atomic E-state index is 14.0. The number of piperidine rings is 1. The lowest BCUT2D eigenvalue weighted by Crippen LogP contribution is -2.62. The largest absolute Gasteiger partial charge is 0.416 e. The van der Waals surface area contributed by atoms with Crippen LogP contribution in [-0.4, -0.2) is 32.1 Å². The van der Waals surface area contributed by atoms with Crippen LogP contribution >= 0.6 is 0 Å². The van der Waals surface area contributed by atoms with Crippen molar-refractivity contribution in [3.05, 3.63) is 59.2 Å². The number of sulfonamides is 1. The molecule has 2 N–H and O–H groups in total. The summed E-state index contributed by atoms with van der Waals surface area (Å²) in [6.45, 7) is 1.02. The molecule has 2 heterocycles. The Hall–Kier alpha value is -2.24. The average molecular weight is 447 g/mol. The second-order valence-corrected chi connectivity index (χ2v) is 9.17. The van der Waals surface area contributed by atoms with Gasteiger partial charge in [-0.15, -0.1) is 0 Å². The second kappa shape index (κ2) is 7.17. The normalized spacial score (nSPS) is 20.6. The molecule has 11 heteroatoms. The number of nitrogens with one attached hydrogen (secondary N) is 2. The molecule has 0 aliphatic carbocycles. The lowest BCUT2D eigenvalue weighted by molar-refractivity contribution is -0.137. The fourth-order valence-electron chi connectivity index (χ4n) is 3.94. The molecular formula is C19H18F5N3O2S. The molecular weight excluding hydrogens is 429 g/mol. The molecule has 1 spiro atoms. The highest BCUT2D eigenvalue weighted by molar-refractivity contribution is 7.89. The molecule has 4 rings (SSSR count). The molecule has 0 amide bonds. The number of benzene rings is 2. The van der Waals surface area contributed by atoms with E-state index in [0.29, 0.717) is 24.7 Å². The van der Waals surface area contributed by atoms with E-state index < -0.39 is 44.0 Å². The van der Waals surface area contributed by atoms with E-state index in [1.54, 1.807) is 6.07 Å². The van der Waals surface area contributed by atoms with E-state index in [1.807, 2.05) is 4.90 Å². The highest BCUT2D eigenvalue weighted by Crippen LogP contribution is 2.37. The van der Waals surface area contributed by atoms with Gasteiger partial charge in [-0.25, -0.2) is 17.2 Å². The van der Waals surface area contributed by atoms with Crippen molar-refractivity contribution < 1.29 is 30.4 Å². The number of halogens is 5. The highest BCUT2D eigenvalue weighted by atomic mass is 32.2. The van der Waals surface area contributed by atoms with E-state index in [9.17, 15) is 30.4 Å². The second-order valence-electron chi connectivity index (χ2n) is 7.55. The van der Waals surface area contributed by atoms with E-state index in [4.69, 9.17) is 0 Å². The maximum absolute atomic E-state index is 14.0. The van der Waals surface area contributed by atoms with E-state index in [-0.39, 0.29) is 25.1 Å². The van der Waals surface area contributed by atoms with Gasteiger partial charge in [0, 0.05) is 25.7 Å². The van der Waals surface area contributed by atoms with Gasteiger partial charge in [-0.3, -0.25) is 4.90 Å². The number of rotatable bonds is 2. The Kier molecular flexibility index (Phi) is 5.02. The third-order valence-electron chi connectivity index (χ3n) is 5.35. The molecule has 0 aromatic heterocycles. The van der Waals surface area contributed by atoms with Crippen LogP contribution in [-0.2, 0) is 22.7 Å². The number of anilines is 1. The molecule has 2 aliphatic heterocycles. The molecule has 0 radical (unpaired) electrons. The number of alkyl halides is 3. The quantitative estimate of drug-likeness (QED) is 0.690. The number of hydrogen-bond donors (Lipinski definition) is 2. The first-order chi connectivity index (χ1) is 14.0. The van der Waals surface area contributed by atoms with Crippen LogP contribution in [0, 0.1) is 11.6 Å². The van der Waals surface area contributed by atoms with Gasteiger partial charge in [-0.05, 0) is 30.5 Å². The van der Waals surface area contributed by atoms with Crippen LogP contribution in [0.15, 0.2) is 41.3 Å². The van der Waals surface area contributed by atoms with Gasteiger partial charge >= 0.3 is 6.18 Å². The number of likely N-dealkylation sites (tertiary alicyclic amines) is 1. The summed E-state index contributed by atoms with van der Waals surface area (Å²) in [5, 5.41) is 2.92. The van der Waals surface area contributed by atoms with Crippen LogP contribution in [0.1, 0.15) is 24.0 Å². The van der Waals surface area contributed by atoms with Crippen LogP contribution in [0.25, 0.3) is 0 Å². The first kappa shape index (κ1) is 21.0. The Labute approximate surface area is 169 Å². The molecule has 2 aromatic carbocycles. The zero-order valence-corrected chi connectivity index (χ0v) is 16.4. The Morgan fingerprint density at radius 1 is 1.07 bits per heavy atom. The Bertz CT molecular complexity index is 1080. The van der Waals surface area contributed by atoms with Crippen molar-refractivity contribution in [3.8, 4) is 0 Å². The van der Waals surface area contributed by atoms with Gasteiger partial charge in [-0.1, -0.05) is 18.2 Å². The molecule has 0 saturated carbocycles. The predicted molar refractivity (Wildman–Crippen MR) is 99.0 cm³/mol. The van der Waals surface area contributed by atoms with Crippen molar-refractivity contribution in [1.82, 2.24) is 9.62 Å². The highest BCUT2D eigenvalue weighted by Gasteiger charge is 2.44. The van der Waals surface area contributed by atoms with Crippen LogP contribution < -0.4 is 10.0 Å². The lowest BCUT2D eigenvalue weighted by Gasteiger charge is -2.45. The van der Waals surface area contributed by atoms with Crippen molar-refractivity contribution in [2.45, 2.75) is 36.1 Å². The summed E-state index contributed by atoms with van der Waals surface area (Å²) in [5.41, 5.74) is -1.49. The first-order valence-electron chi connectivity index (χ1n) is 9.17. The minimum atomic E-state index is -4.43. The third kappa shape index (κ3) is 4.01. The SMILES string of the molecule is O=S1(=O)NC2(CCN(Cc3cccc(C(F)(F)F)c3)CC2)Nc2cc(F)cc(F)c21. The van der Waals surface area contributed by atoms with Gasteiger partial charge in [0.25, 0.3) is 0 Å². The molecule has 0 atom stereocenters. The minimum absolute atomic E-state index is 0.141. The van der Waals surface area contributed by atoms with Gasteiger partial charge < -0.3 is 5.32 Å². The maximum Gasteiger partial charge on any atom is 0.416 e. The Morgan fingerprint density at radius 3 is 2.43 bits per heavy atom. The van der Waals surface area contributed by atoms with Crippen molar-refractivity contribution in [3.63, 3.8) is 0 Å². The summed E-state index contributed by atoms with van der Waals surface area (Å²) >= 11 is 0. The third-order valence-corrected chi connectivity index (χ3v) is 6.96. The Morgan fingerprint density at radius 2 is 1.77 bits per heavy atom. The van der Waals surface area contributed by atoms with E-state index in [1.165, 1.54) is 6.07 Å². The molecule has 0 bridgehead atoms. The summed E-state index contributed by atoms with van der Waals surface area (Å²) in [5.74, 6) is -2.07. The molecule has 2 aliphatic rings. The summed E-state index contributed by atoms with van der Waals surface area (Å²) in [6.07, 6.45) is -3.89. The van der Waals surface area contributed by atoms with Crippen molar-refractivity contribution in [2.75, 3.05) is 18.4 Å². The number of nitrogens with zero attached hydrogens (tertiary/aromatic N) is 1. The zero-order valence-electron chi connectivity index (χ0n) is 15.6. The number of hydrogen-bond acceptors (Lipinski definition) is 4. The van der Waals surface area contributed by atoms with Crippen LogP contribution in [0.4, 0.5) is 27.6 Å². The standard InChI is InChI=1S/C19H18F5N3O2S/c20-14-9-15(21)17-16(10-14)25-18(26-30(17,28)29)4-6-27(7-5-18)11-12-2-1-3-13(8-12)19(22,23)24/h1-3,8-10,25-26H,4-7,11H2. The average Bonchev–Trinajstić information content (AvgIpc) is 2.61. The van der Waals surface area contributed by atoms with Crippen LogP contribution in [0.5, 0.6) is 0 Å². The molecule has 162 valence electrons. The fraction of sp³-hybridized carbons (Fsp3) is 0.368. The molecule has 0 unspecified atom stereocenters. The lowest BCUT2D eigenvalue weighted by atomic mass is 9.96. The van der Waals surface area contributed by atoms with E-state index in [0.717, 1.165) is 18.2 Å². The van der Waals surface area contributed by atoms with Crippen LogP contribution in [0.3, 0.4) is 0 Å². The number of fused-ring (bicyclic) bond motifs is 1. The predicted octanol–water partition coefficient (Wildman–Crippen LogP) is 3.68. The van der Waals surface area contributed by atoms with Gasteiger partial charge in [0.2, 0.25) is 10.0 Å². The van der Waals surface area contributed by atoms with Gasteiger partial charge in [-0.2, -0.15) is 17.9 Å². The first-order valence-corrected chi connectivity index (χ1v) is 10.7. The van der Waals surface area contributed by atoms with Gasteiger partial charge in [0.05, 0.1) is 11.3 Å². The van der Waals surface area contributed by atoms with Crippen molar-refractivity contribution >= 4 is 15.7 Å². The minimum Gasteiger partial charge on any atom is -0.365 e. The zero-order chi connectivity index (χ0) is 21.7. The summed E-state index contributed by atoms with van der Waals surface area (Å²) in [7, 11) is -4.19. The molecule has 30 heavy (non-hydrogen) atoms. The van der Waals surface area contributed by atoms with Crippen LogP contribution in [0.2, 0.25) is 0 Å². The van der Waals surface area contributed by atoms with E-state index in [2.05, 4.69) is 10.0 Å². The summed E-state index contributed by atoms with van der Waals surface area (Å²) in [4.78, 5) is 1.28. The summed E-state index contributed by atoms with van der Waals surface area (Å²) < 4.78 is 93.9. The fourth-order valence-corrected chi connectivity index (χ4v) is 5.53. The van der Waals surface area contributed by atoms with E-state index >= 15 is 0 Å².